The molecule has 3 aromatic rings. The zero-order valence-electron chi connectivity index (χ0n) is 13.2. The number of anilines is 1. The average Bonchev–Trinajstić information content (AvgIpc) is 2.97. The lowest BCUT2D eigenvalue weighted by molar-refractivity contribution is 0.143. The summed E-state index contributed by atoms with van der Waals surface area (Å²) in [6.45, 7) is 0.520. The summed E-state index contributed by atoms with van der Waals surface area (Å²) in [5.41, 5.74) is 8.33. The molecule has 0 bridgehead atoms. The first-order valence-electron chi connectivity index (χ1n) is 7.60. The maximum Gasteiger partial charge on any atom is 0.407 e. The second-order valence-corrected chi connectivity index (χ2v) is 6.64. The van der Waals surface area contributed by atoms with Gasteiger partial charge in [-0.3, -0.25) is 4.79 Å². The number of aromatic hydroxyl groups is 1. The molecule has 130 valence electrons. The van der Waals surface area contributed by atoms with Gasteiger partial charge in [-0.25, -0.2) is 4.79 Å². The van der Waals surface area contributed by atoms with Crippen LogP contribution in [0.3, 0.4) is 0 Å². The number of hydrogen-bond donors (Lipinski definition) is 4. The number of nitrogens with zero attached hydrogens (tertiary/aromatic N) is 1. The van der Waals surface area contributed by atoms with Gasteiger partial charge in [0.2, 0.25) is 0 Å². The number of nitrogens with two attached hydrogens (primary N) is 1. The predicted octanol–water partition coefficient (Wildman–Crippen LogP) is 2.60. The Balaban J connectivity index is 1.78. The minimum Gasteiger partial charge on any atom is -0.506 e. The monoisotopic (exact) mass is 359 g/mol. The second-order valence-electron chi connectivity index (χ2n) is 5.66. The number of amides is 1. The molecule has 0 saturated heterocycles. The molecule has 1 heterocycles. The number of thiazole rings is 1. The Labute approximate surface area is 147 Å². The lowest BCUT2D eigenvalue weighted by atomic mass is 10.1. The van der Waals surface area contributed by atoms with Crippen molar-refractivity contribution >= 4 is 33.3 Å². The van der Waals surface area contributed by atoms with Gasteiger partial charge in [-0.15, -0.1) is 0 Å². The van der Waals surface area contributed by atoms with Crippen LogP contribution in [0, 0.1) is 0 Å². The van der Waals surface area contributed by atoms with E-state index < -0.39 is 6.09 Å². The van der Waals surface area contributed by atoms with Crippen molar-refractivity contribution in [1.82, 2.24) is 9.88 Å². The van der Waals surface area contributed by atoms with E-state index in [-0.39, 0.29) is 23.7 Å². The minimum absolute atomic E-state index is 0.00839. The zero-order chi connectivity index (χ0) is 18.0. The van der Waals surface area contributed by atoms with Crippen molar-refractivity contribution in [3.8, 4) is 5.75 Å². The molecule has 0 aliphatic heterocycles. The van der Waals surface area contributed by atoms with Crippen LogP contribution < -0.4 is 10.6 Å². The molecular formula is C17H17N3O4S. The van der Waals surface area contributed by atoms with Crippen molar-refractivity contribution in [3.63, 3.8) is 0 Å². The normalized spacial score (nSPS) is 10.9. The van der Waals surface area contributed by atoms with Crippen LogP contribution in [0.1, 0.15) is 11.1 Å². The molecule has 0 aliphatic rings. The number of benzene rings is 2. The van der Waals surface area contributed by atoms with Crippen LogP contribution in [0.4, 0.5) is 10.5 Å². The number of phenolic OH excluding ortho intramolecular Hbond substituents is 1. The molecule has 1 amide bonds. The highest BCUT2D eigenvalue weighted by Gasteiger charge is 2.15. The van der Waals surface area contributed by atoms with Crippen molar-refractivity contribution in [3.05, 3.63) is 57.2 Å². The fraction of sp³-hybridized carbons (Fsp3) is 0.176. The van der Waals surface area contributed by atoms with Gasteiger partial charge in [0.1, 0.15) is 11.3 Å². The number of nitrogens with one attached hydrogen (secondary N) is 1. The number of nitrogen functional groups attached to an aromatic ring is 1. The molecule has 7 nitrogen and oxygen atoms in total. The number of carbonyl (C=O) groups is 1. The largest absolute Gasteiger partial charge is 0.506 e. The van der Waals surface area contributed by atoms with Crippen molar-refractivity contribution in [2.45, 2.75) is 13.0 Å². The van der Waals surface area contributed by atoms with Gasteiger partial charge in [-0.2, -0.15) is 0 Å². The maximum atomic E-state index is 11.5. The van der Waals surface area contributed by atoms with E-state index in [1.54, 1.807) is 30.3 Å². The van der Waals surface area contributed by atoms with Crippen LogP contribution in [0.25, 0.3) is 10.2 Å². The second kappa shape index (κ2) is 6.86. The Bertz CT molecular complexity index is 962. The number of fused-ring (bicyclic) bond motifs is 1. The highest BCUT2D eigenvalue weighted by atomic mass is 32.1. The van der Waals surface area contributed by atoms with E-state index in [1.165, 1.54) is 11.0 Å². The number of hydrogen-bond acceptors (Lipinski definition) is 5. The Kier molecular flexibility index (Phi) is 4.62. The van der Waals surface area contributed by atoms with Crippen LogP contribution in [0.5, 0.6) is 5.75 Å². The topological polar surface area (TPSA) is 120 Å². The van der Waals surface area contributed by atoms with Gasteiger partial charge in [-0.1, -0.05) is 29.5 Å². The number of H-pyrrole nitrogens is 1. The first-order chi connectivity index (χ1) is 11.9. The number of aromatic nitrogens is 1. The molecule has 2 aromatic carbocycles. The van der Waals surface area contributed by atoms with Crippen molar-refractivity contribution in [2.75, 3.05) is 12.3 Å². The summed E-state index contributed by atoms with van der Waals surface area (Å²) in [6.07, 6.45) is -0.583. The molecule has 3 rings (SSSR count). The van der Waals surface area contributed by atoms with Crippen LogP contribution in [-0.2, 0) is 13.0 Å². The van der Waals surface area contributed by atoms with Gasteiger partial charge < -0.3 is 25.8 Å². The Morgan fingerprint density at radius 3 is 2.60 bits per heavy atom. The molecule has 1 aromatic heterocycles. The number of carboxylic acid groups (broad SMARTS) is 1. The van der Waals surface area contributed by atoms with Gasteiger partial charge in [0.05, 0.1) is 4.70 Å². The van der Waals surface area contributed by atoms with E-state index in [4.69, 9.17) is 5.73 Å². The fourth-order valence-corrected chi connectivity index (χ4v) is 3.51. The third-order valence-electron chi connectivity index (χ3n) is 3.91. The summed E-state index contributed by atoms with van der Waals surface area (Å²) < 4.78 is 0.655. The molecule has 0 atom stereocenters. The average molecular weight is 359 g/mol. The van der Waals surface area contributed by atoms with Crippen molar-refractivity contribution < 1.29 is 15.0 Å². The summed E-state index contributed by atoms with van der Waals surface area (Å²) in [4.78, 5) is 26.7. The quantitative estimate of drug-likeness (QED) is 0.522. The van der Waals surface area contributed by atoms with Gasteiger partial charge in [0, 0.05) is 18.8 Å². The molecule has 0 radical (unpaired) electrons. The summed E-state index contributed by atoms with van der Waals surface area (Å²) in [6, 6.07) is 10.3. The number of rotatable bonds is 5. The predicted molar refractivity (Wildman–Crippen MR) is 97.1 cm³/mol. The van der Waals surface area contributed by atoms with Gasteiger partial charge in [0.25, 0.3) is 0 Å². The Morgan fingerprint density at radius 2 is 1.92 bits per heavy atom. The van der Waals surface area contributed by atoms with Crippen LogP contribution >= 0.6 is 11.3 Å². The summed E-state index contributed by atoms with van der Waals surface area (Å²) in [5, 5.41) is 19.2. The van der Waals surface area contributed by atoms with E-state index in [1.807, 2.05) is 0 Å². The zero-order valence-corrected chi connectivity index (χ0v) is 14.0. The SMILES string of the molecule is Nc1ccc(CN(CCc2ccc(O)c3[nH]c(=O)sc23)C(=O)O)cc1. The van der Waals surface area contributed by atoms with Crippen LogP contribution in [0.15, 0.2) is 41.2 Å². The Morgan fingerprint density at radius 1 is 1.20 bits per heavy atom. The van der Waals surface area contributed by atoms with Crippen LogP contribution in [0.2, 0.25) is 0 Å². The first kappa shape index (κ1) is 16.8. The molecular weight excluding hydrogens is 342 g/mol. The third-order valence-corrected chi connectivity index (χ3v) is 4.87. The molecule has 5 N–H and O–H groups in total. The standard InChI is InChI=1S/C17H17N3O4S/c18-12-4-1-10(2-5-12)9-20(17(23)24)8-7-11-3-6-13(21)14-15(11)25-16(22)19-14/h1-6,21H,7-9,18H2,(H,19,22)(H,23,24). The van der Waals surface area contributed by atoms with E-state index in [2.05, 4.69) is 4.98 Å². The van der Waals surface area contributed by atoms with E-state index in [0.29, 0.717) is 22.3 Å². The summed E-state index contributed by atoms with van der Waals surface area (Å²) in [7, 11) is 0. The number of phenols is 1. The van der Waals surface area contributed by atoms with Gasteiger partial charge >= 0.3 is 11.0 Å². The molecule has 0 fully saturated rings. The molecule has 0 spiro atoms. The van der Waals surface area contributed by atoms with E-state index in [0.717, 1.165) is 22.5 Å². The van der Waals surface area contributed by atoms with E-state index in [9.17, 15) is 19.8 Å². The molecule has 0 saturated carbocycles. The lowest BCUT2D eigenvalue weighted by Crippen LogP contribution is -2.31. The van der Waals surface area contributed by atoms with Crippen molar-refractivity contribution in [2.24, 2.45) is 0 Å². The minimum atomic E-state index is -1.02. The van der Waals surface area contributed by atoms with Crippen LogP contribution in [-0.4, -0.2) is 32.7 Å². The van der Waals surface area contributed by atoms with Crippen molar-refractivity contribution in [1.29, 1.82) is 0 Å². The maximum absolute atomic E-state index is 11.5. The van der Waals surface area contributed by atoms with E-state index >= 15 is 0 Å². The molecule has 0 aliphatic carbocycles. The fourth-order valence-electron chi connectivity index (χ4n) is 2.61. The molecule has 25 heavy (non-hydrogen) atoms. The highest BCUT2D eigenvalue weighted by molar-refractivity contribution is 7.16. The number of aromatic amines is 1. The molecule has 0 unspecified atom stereocenters. The highest BCUT2D eigenvalue weighted by Crippen LogP contribution is 2.28. The smallest absolute Gasteiger partial charge is 0.407 e. The Hall–Kier alpha value is -3.00. The van der Waals surface area contributed by atoms with Gasteiger partial charge in [-0.05, 0) is 35.7 Å². The first-order valence-corrected chi connectivity index (χ1v) is 8.41. The molecule has 8 heteroatoms. The third kappa shape index (κ3) is 3.74. The summed E-state index contributed by atoms with van der Waals surface area (Å²) >= 11 is 1.01. The van der Waals surface area contributed by atoms with Gasteiger partial charge in [0.15, 0.2) is 0 Å². The summed E-state index contributed by atoms with van der Waals surface area (Å²) in [5.74, 6) is 0.00839. The lowest BCUT2D eigenvalue weighted by Gasteiger charge is -2.19.